The van der Waals surface area contributed by atoms with Gasteiger partial charge in [-0.15, -0.1) is 0 Å². The molecule has 6 aromatic rings. The summed E-state index contributed by atoms with van der Waals surface area (Å²) in [7, 11) is -6.88. The number of para-hydroxylation sites is 1. The van der Waals surface area contributed by atoms with Crippen molar-refractivity contribution in [2.75, 3.05) is 30.3 Å². The Morgan fingerprint density at radius 3 is 2.54 bits per heavy atom. The maximum Gasteiger partial charge on any atom is 0.263 e. The lowest BCUT2D eigenvalue weighted by molar-refractivity contribution is 0.181. The fraction of sp³-hybridized carbons (Fsp3) is 0.156. The number of likely N-dealkylation sites (N-methyl/N-ethyl adjacent to an activating group) is 1. The van der Waals surface area contributed by atoms with Gasteiger partial charge in [0.15, 0.2) is 11.6 Å². The van der Waals surface area contributed by atoms with Gasteiger partial charge in [-0.3, -0.25) is 9.29 Å². The molecule has 0 unspecified atom stereocenters. The second kappa shape index (κ2) is 13.0. The van der Waals surface area contributed by atoms with Crippen LogP contribution in [0.4, 0.5) is 26.0 Å². The lowest BCUT2D eigenvalue weighted by atomic mass is 10.2. The van der Waals surface area contributed by atoms with Crippen LogP contribution in [0, 0.1) is 11.6 Å². The molecule has 1 fully saturated rings. The van der Waals surface area contributed by atoms with E-state index in [9.17, 15) is 16.8 Å². The monoisotopic (exact) mass is 759 g/mol. The summed E-state index contributed by atoms with van der Waals surface area (Å²) in [5.41, 5.74) is -0.392. The van der Waals surface area contributed by atoms with Crippen LogP contribution in [-0.2, 0) is 24.8 Å². The number of nitrogens with zero attached hydrogens (tertiary/aromatic N) is 5. The van der Waals surface area contributed by atoms with Crippen molar-refractivity contribution in [3.05, 3.63) is 101 Å². The summed E-state index contributed by atoms with van der Waals surface area (Å²) in [5, 5.41) is 2.75. The molecule has 258 valence electrons. The third-order valence-electron chi connectivity index (χ3n) is 8.25. The lowest BCUT2D eigenvalue weighted by Crippen LogP contribution is -2.37. The van der Waals surface area contributed by atoms with Crippen molar-refractivity contribution in [2.24, 2.45) is 0 Å². The Balaban J connectivity index is 1.27. The zero-order chi connectivity index (χ0) is 35.4. The number of rotatable bonds is 9. The largest absolute Gasteiger partial charge is 0.380 e. The first kappa shape index (κ1) is 34.0. The highest BCUT2D eigenvalue weighted by molar-refractivity contribution is 7.92. The van der Waals surface area contributed by atoms with Crippen molar-refractivity contribution in [1.82, 2.24) is 23.8 Å². The topological polar surface area (TPSA) is 148 Å². The number of halogens is 4. The molecular weight excluding hydrogens is 735 g/mol. The maximum absolute atomic E-state index is 15.8. The molecule has 3 aromatic heterocycles. The Morgan fingerprint density at radius 2 is 1.76 bits per heavy atom. The molecule has 12 nitrogen and oxygen atoms in total. The number of ether oxygens (including phenoxy) is 1. The lowest BCUT2D eigenvalue weighted by Gasteiger charge is -2.22. The van der Waals surface area contributed by atoms with Crippen LogP contribution >= 0.6 is 23.2 Å². The molecular formula is C32H25Cl2F2N7O5S2. The summed E-state index contributed by atoms with van der Waals surface area (Å²) >= 11 is 12.0. The van der Waals surface area contributed by atoms with E-state index in [0.717, 1.165) is 18.5 Å². The molecule has 3 aromatic carbocycles. The molecule has 1 aliphatic heterocycles. The number of pyridine rings is 1. The summed E-state index contributed by atoms with van der Waals surface area (Å²) in [4.78, 5) is 12.7. The number of aromatic nitrogens is 4. The second-order valence-corrected chi connectivity index (χ2v) is 15.6. The molecule has 18 heteroatoms. The van der Waals surface area contributed by atoms with Gasteiger partial charge in [-0.05, 0) is 48.9 Å². The highest BCUT2D eigenvalue weighted by atomic mass is 35.5. The van der Waals surface area contributed by atoms with Crippen molar-refractivity contribution >= 4 is 82.4 Å². The van der Waals surface area contributed by atoms with Gasteiger partial charge in [0.25, 0.3) is 10.0 Å². The summed E-state index contributed by atoms with van der Waals surface area (Å²) in [6.45, 7) is 0.764. The quantitative estimate of drug-likeness (QED) is 0.168. The Morgan fingerprint density at radius 1 is 0.960 bits per heavy atom. The van der Waals surface area contributed by atoms with Crippen LogP contribution in [0.25, 0.3) is 27.8 Å². The predicted molar refractivity (Wildman–Crippen MR) is 185 cm³/mol. The van der Waals surface area contributed by atoms with E-state index in [0.29, 0.717) is 36.1 Å². The number of sulfonamides is 2. The third kappa shape index (κ3) is 6.01. The molecule has 0 amide bonds. The molecule has 0 spiro atoms. The van der Waals surface area contributed by atoms with Crippen molar-refractivity contribution in [1.29, 1.82) is 0 Å². The van der Waals surface area contributed by atoms with Crippen LogP contribution in [0.1, 0.15) is 6.42 Å². The van der Waals surface area contributed by atoms with Gasteiger partial charge >= 0.3 is 0 Å². The fourth-order valence-electron chi connectivity index (χ4n) is 5.61. The Kier molecular flexibility index (Phi) is 8.86. The van der Waals surface area contributed by atoms with E-state index < -0.39 is 48.0 Å². The van der Waals surface area contributed by atoms with Gasteiger partial charge in [-0.2, -0.15) is 4.31 Å². The molecule has 1 aliphatic rings. The van der Waals surface area contributed by atoms with E-state index in [1.54, 1.807) is 41.0 Å². The Labute approximate surface area is 294 Å². The Hall–Kier alpha value is -4.45. The summed E-state index contributed by atoms with van der Waals surface area (Å²) in [6.07, 6.45) is 3.20. The van der Waals surface area contributed by atoms with Crippen LogP contribution < -0.4 is 10.0 Å². The Bertz CT molecular complexity index is 2530. The van der Waals surface area contributed by atoms with Gasteiger partial charge in [-0.25, -0.2) is 40.6 Å². The first-order valence-electron chi connectivity index (χ1n) is 14.9. The fourth-order valence-corrected chi connectivity index (χ4v) is 9.00. The predicted octanol–water partition coefficient (Wildman–Crippen LogP) is 6.51. The molecule has 0 aliphatic carbocycles. The maximum atomic E-state index is 15.8. The minimum Gasteiger partial charge on any atom is -0.380 e. The van der Waals surface area contributed by atoms with Crippen molar-refractivity contribution in [3.63, 3.8) is 0 Å². The van der Waals surface area contributed by atoms with Gasteiger partial charge in [0.2, 0.25) is 10.0 Å². The van der Waals surface area contributed by atoms with Gasteiger partial charge in [0, 0.05) is 25.2 Å². The van der Waals surface area contributed by atoms with E-state index in [-0.39, 0.29) is 38.1 Å². The van der Waals surface area contributed by atoms with Crippen LogP contribution in [0.2, 0.25) is 10.0 Å². The molecule has 0 radical (unpaired) electrons. The molecule has 1 saturated heterocycles. The van der Waals surface area contributed by atoms with E-state index in [2.05, 4.69) is 25.0 Å². The normalized spacial score (nSPS) is 15.3. The van der Waals surface area contributed by atoms with E-state index >= 15 is 8.78 Å². The van der Waals surface area contributed by atoms with E-state index in [1.807, 2.05) is 0 Å². The average molecular weight is 761 g/mol. The molecule has 7 rings (SSSR count). The van der Waals surface area contributed by atoms with Crippen LogP contribution in [-0.4, -0.2) is 67.0 Å². The first-order valence-corrected chi connectivity index (χ1v) is 18.5. The van der Waals surface area contributed by atoms with Gasteiger partial charge in [0.05, 0.1) is 39.4 Å². The SMILES string of the molecule is CN([C@H]1CCOC1)S(=O)(=O)c1cn(-c2ccc3ncnc(Nc4c(F)ccc(NS(=O)(=O)c5cccc(Cl)c5Cl)c4F)c3n2)c2ccccc12. The summed E-state index contributed by atoms with van der Waals surface area (Å²) < 4.78 is 95.2. The smallest absolute Gasteiger partial charge is 0.263 e. The first-order chi connectivity index (χ1) is 23.9. The molecule has 2 N–H and O–H groups in total. The highest BCUT2D eigenvalue weighted by Gasteiger charge is 2.33. The standard InChI is InChI=1S/C32H25Cl2F2N7O5S2/c1-42(18-13-14-48-16-18)50(46,47)26-15-43(24-7-3-2-5-19(24)26)27-12-11-23-31(39-27)32(38-17-37-23)40-30-21(35)9-10-22(29(30)36)41-49(44,45)25-8-4-6-20(33)28(25)34/h2-12,15,17-18,41H,13-14,16H2,1H3,(H,37,38,40)/t18-/m0/s1. The van der Waals surface area contributed by atoms with Gasteiger partial charge < -0.3 is 10.1 Å². The third-order valence-corrected chi connectivity index (χ3v) is 12.5. The zero-order valence-electron chi connectivity index (χ0n) is 25.8. The molecule has 0 bridgehead atoms. The number of nitrogens with one attached hydrogen (secondary N) is 2. The van der Waals surface area contributed by atoms with Crippen molar-refractivity contribution < 1.29 is 30.4 Å². The van der Waals surface area contributed by atoms with Crippen molar-refractivity contribution in [3.8, 4) is 5.82 Å². The average Bonchev–Trinajstić information content (AvgIpc) is 3.78. The zero-order valence-corrected chi connectivity index (χ0v) is 29.0. The summed E-state index contributed by atoms with van der Waals surface area (Å²) in [6, 6.07) is 15.6. The number of hydrogen-bond donors (Lipinski definition) is 2. The minimum atomic E-state index is -4.45. The molecule has 4 heterocycles. The molecule has 0 saturated carbocycles. The minimum absolute atomic E-state index is 0.0312. The van der Waals surface area contributed by atoms with Crippen LogP contribution in [0.15, 0.2) is 89.0 Å². The number of fused-ring (bicyclic) bond motifs is 2. The van der Waals surface area contributed by atoms with E-state index in [1.165, 1.54) is 35.7 Å². The number of anilines is 3. The van der Waals surface area contributed by atoms with Crippen molar-refractivity contribution in [2.45, 2.75) is 22.3 Å². The second-order valence-electron chi connectivity index (χ2n) is 11.2. The van der Waals surface area contributed by atoms with E-state index in [4.69, 9.17) is 27.9 Å². The molecule has 50 heavy (non-hydrogen) atoms. The highest BCUT2D eigenvalue weighted by Crippen LogP contribution is 2.35. The van der Waals surface area contributed by atoms with Crippen LogP contribution in [0.3, 0.4) is 0 Å². The number of benzene rings is 3. The molecule has 1 atom stereocenters. The van der Waals surface area contributed by atoms with Gasteiger partial charge in [-0.1, -0.05) is 47.5 Å². The summed E-state index contributed by atoms with van der Waals surface area (Å²) in [5.74, 6) is -2.19. The van der Waals surface area contributed by atoms with Gasteiger partial charge in [0.1, 0.15) is 39.0 Å². The van der Waals surface area contributed by atoms with Crippen LogP contribution in [0.5, 0.6) is 0 Å². The number of hydrogen-bond acceptors (Lipinski definition) is 9.